The summed E-state index contributed by atoms with van der Waals surface area (Å²) in [4.78, 5) is 4.08. The minimum atomic E-state index is -1.85. The number of rotatable bonds is 10. The standard InChI is InChI=1S/C21H34Cl2FNOSi/c1-4-27(5-2,6-3)26-19(20-17(22)15-25-16-18(20)23)11-10-14-21(24)12-8-7-9-13-21/h15-16,19H,4-14H2,1-3H3. The third-order valence-electron chi connectivity index (χ3n) is 6.38. The molecule has 2 nitrogen and oxygen atoms in total. The van der Waals surface area contributed by atoms with Crippen molar-refractivity contribution in [2.45, 2.75) is 102 Å². The smallest absolute Gasteiger partial charge is 0.192 e. The van der Waals surface area contributed by atoms with Crippen LogP contribution in [0.25, 0.3) is 0 Å². The van der Waals surface area contributed by atoms with Gasteiger partial charge in [-0.1, -0.05) is 63.2 Å². The normalized spacial score (nSPS) is 18.4. The molecule has 0 spiro atoms. The molecule has 2 rings (SSSR count). The Hall–Kier alpha value is -0.163. The Morgan fingerprint density at radius 3 is 2.15 bits per heavy atom. The van der Waals surface area contributed by atoms with Gasteiger partial charge in [0.05, 0.1) is 16.1 Å². The first-order chi connectivity index (χ1) is 12.9. The molecule has 0 amide bonds. The van der Waals surface area contributed by atoms with Crippen molar-refractivity contribution < 1.29 is 8.82 Å². The van der Waals surface area contributed by atoms with Crippen molar-refractivity contribution in [1.29, 1.82) is 0 Å². The van der Waals surface area contributed by atoms with Crippen molar-refractivity contribution in [3.05, 3.63) is 28.0 Å². The van der Waals surface area contributed by atoms with Crippen molar-refractivity contribution in [3.8, 4) is 0 Å². The van der Waals surface area contributed by atoms with Gasteiger partial charge in [0.1, 0.15) is 5.67 Å². The molecule has 0 aromatic carbocycles. The molecule has 0 N–H and O–H groups in total. The summed E-state index contributed by atoms with van der Waals surface area (Å²) in [7, 11) is -1.85. The van der Waals surface area contributed by atoms with Gasteiger partial charge in [-0.2, -0.15) is 0 Å². The van der Waals surface area contributed by atoms with Gasteiger partial charge in [-0.3, -0.25) is 4.98 Å². The molecule has 1 aliphatic carbocycles. The van der Waals surface area contributed by atoms with E-state index in [2.05, 4.69) is 25.8 Å². The number of aromatic nitrogens is 1. The highest BCUT2D eigenvalue weighted by atomic mass is 35.5. The van der Waals surface area contributed by atoms with E-state index in [1.807, 2.05) is 0 Å². The van der Waals surface area contributed by atoms with Gasteiger partial charge in [-0.25, -0.2) is 4.39 Å². The molecule has 1 fully saturated rings. The molecule has 0 radical (unpaired) electrons. The average molecular weight is 434 g/mol. The van der Waals surface area contributed by atoms with Crippen LogP contribution in [0.1, 0.15) is 83.8 Å². The van der Waals surface area contributed by atoms with E-state index in [1.165, 1.54) is 0 Å². The fraction of sp³-hybridized carbons (Fsp3) is 0.762. The number of hydrogen-bond acceptors (Lipinski definition) is 2. The molecular formula is C21H34Cl2FNOSi. The van der Waals surface area contributed by atoms with Crippen LogP contribution < -0.4 is 0 Å². The number of hydrogen-bond donors (Lipinski definition) is 0. The van der Waals surface area contributed by atoms with Crippen molar-refractivity contribution in [1.82, 2.24) is 4.98 Å². The molecule has 6 heteroatoms. The van der Waals surface area contributed by atoms with Crippen LogP contribution in [0.2, 0.25) is 28.2 Å². The second-order valence-electron chi connectivity index (χ2n) is 7.97. The Balaban J connectivity index is 2.16. The molecule has 0 aliphatic heterocycles. The maximum Gasteiger partial charge on any atom is 0.192 e. The highest BCUT2D eigenvalue weighted by Gasteiger charge is 2.35. The molecule has 1 heterocycles. The molecule has 1 aromatic rings. The van der Waals surface area contributed by atoms with Crippen molar-refractivity contribution in [3.63, 3.8) is 0 Å². The topological polar surface area (TPSA) is 22.1 Å². The molecule has 1 unspecified atom stereocenters. The molecule has 1 atom stereocenters. The Kier molecular flexibility index (Phi) is 9.05. The second kappa shape index (κ2) is 10.6. The van der Waals surface area contributed by atoms with Crippen molar-refractivity contribution in [2.24, 2.45) is 0 Å². The number of nitrogens with zero attached hydrogens (tertiary/aromatic N) is 1. The summed E-state index contributed by atoms with van der Waals surface area (Å²) in [6.45, 7) is 6.64. The maximum absolute atomic E-state index is 15.0. The van der Waals surface area contributed by atoms with E-state index in [4.69, 9.17) is 27.6 Å². The SMILES string of the molecule is CC[Si](CC)(CC)OC(CCCC1(F)CCCCC1)c1c(Cl)cncc1Cl. The zero-order valence-electron chi connectivity index (χ0n) is 17.0. The van der Waals surface area contributed by atoms with Gasteiger partial charge in [0, 0.05) is 18.0 Å². The lowest BCUT2D eigenvalue weighted by Gasteiger charge is -2.35. The van der Waals surface area contributed by atoms with Crippen LogP contribution in [0.5, 0.6) is 0 Å². The molecule has 154 valence electrons. The van der Waals surface area contributed by atoms with Gasteiger partial charge in [0.15, 0.2) is 8.32 Å². The van der Waals surface area contributed by atoms with Gasteiger partial charge in [0.25, 0.3) is 0 Å². The second-order valence-corrected chi connectivity index (χ2v) is 13.5. The third kappa shape index (κ3) is 6.16. The Labute approximate surface area is 175 Å². The first-order valence-electron chi connectivity index (χ1n) is 10.5. The van der Waals surface area contributed by atoms with Crippen LogP contribution in [0.3, 0.4) is 0 Å². The number of pyridine rings is 1. The van der Waals surface area contributed by atoms with Gasteiger partial charge < -0.3 is 4.43 Å². The van der Waals surface area contributed by atoms with Gasteiger partial charge in [0.2, 0.25) is 0 Å². The van der Waals surface area contributed by atoms with E-state index in [1.54, 1.807) is 12.4 Å². The third-order valence-corrected chi connectivity index (χ3v) is 11.6. The zero-order valence-corrected chi connectivity index (χ0v) is 19.5. The zero-order chi connectivity index (χ0) is 19.9. The number of alkyl halides is 1. The monoisotopic (exact) mass is 433 g/mol. The van der Waals surface area contributed by atoms with Crippen LogP contribution >= 0.6 is 23.2 Å². The molecule has 27 heavy (non-hydrogen) atoms. The lowest BCUT2D eigenvalue weighted by molar-refractivity contribution is 0.0853. The largest absolute Gasteiger partial charge is 0.410 e. The Morgan fingerprint density at radius 1 is 1.07 bits per heavy atom. The minimum Gasteiger partial charge on any atom is -0.410 e. The summed E-state index contributed by atoms with van der Waals surface area (Å²) >= 11 is 12.9. The van der Waals surface area contributed by atoms with Crippen LogP contribution in [-0.2, 0) is 4.43 Å². The summed E-state index contributed by atoms with van der Waals surface area (Å²) in [6, 6.07) is 3.18. The van der Waals surface area contributed by atoms with E-state index in [-0.39, 0.29) is 6.10 Å². The quantitative estimate of drug-likeness (QED) is 0.346. The van der Waals surface area contributed by atoms with Crippen LogP contribution in [-0.4, -0.2) is 19.0 Å². The summed E-state index contributed by atoms with van der Waals surface area (Å²) in [5, 5.41) is 1.10. The van der Waals surface area contributed by atoms with Crippen molar-refractivity contribution in [2.75, 3.05) is 0 Å². The average Bonchev–Trinajstić information content (AvgIpc) is 2.66. The van der Waals surface area contributed by atoms with Crippen LogP contribution in [0.4, 0.5) is 4.39 Å². The fourth-order valence-corrected chi connectivity index (χ4v) is 7.78. The number of halogens is 3. The molecule has 1 saturated carbocycles. The fourth-order valence-electron chi connectivity index (χ4n) is 4.33. The van der Waals surface area contributed by atoms with Crippen LogP contribution in [0, 0.1) is 0 Å². The van der Waals surface area contributed by atoms with Gasteiger partial charge in [-0.15, -0.1) is 0 Å². The predicted octanol–water partition coefficient (Wildman–Crippen LogP) is 8.29. The molecular weight excluding hydrogens is 400 g/mol. The first-order valence-corrected chi connectivity index (χ1v) is 13.8. The predicted molar refractivity (Wildman–Crippen MR) is 116 cm³/mol. The lowest BCUT2D eigenvalue weighted by Crippen LogP contribution is -2.37. The van der Waals surface area contributed by atoms with E-state index in [9.17, 15) is 0 Å². The van der Waals surface area contributed by atoms with E-state index in [0.717, 1.165) is 55.8 Å². The summed E-state index contributed by atoms with van der Waals surface area (Å²) in [5.74, 6) is 0. The Morgan fingerprint density at radius 2 is 1.63 bits per heavy atom. The summed E-state index contributed by atoms with van der Waals surface area (Å²) < 4.78 is 21.8. The molecule has 0 saturated heterocycles. The summed E-state index contributed by atoms with van der Waals surface area (Å²) in [6.07, 6.45) is 9.82. The maximum atomic E-state index is 15.0. The highest BCUT2D eigenvalue weighted by molar-refractivity contribution is 6.73. The van der Waals surface area contributed by atoms with E-state index >= 15 is 4.39 Å². The lowest BCUT2D eigenvalue weighted by atomic mass is 9.82. The van der Waals surface area contributed by atoms with Gasteiger partial charge in [-0.05, 0) is 50.2 Å². The molecule has 1 aliphatic rings. The van der Waals surface area contributed by atoms with Crippen molar-refractivity contribution >= 4 is 31.5 Å². The molecule has 0 bridgehead atoms. The van der Waals surface area contributed by atoms with E-state index in [0.29, 0.717) is 29.3 Å². The summed E-state index contributed by atoms with van der Waals surface area (Å²) in [5.41, 5.74) is -0.166. The minimum absolute atomic E-state index is 0.174. The van der Waals surface area contributed by atoms with Gasteiger partial charge >= 0.3 is 0 Å². The molecule has 1 aromatic heterocycles. The first kappa shape index (κ1) is 23.1. The Bertz CT molecular complexity index is 563. The van der Waals surface area contributed by atoms with Crippen LogP contribution in [0.15, 0.2) is 12.4 Å². The van der Waals surface area contributed by atoms with E-state index < -0.39 is 14.0 Å². The highest BCUT2D eigenvalue weighted by Crippen LogP contribution is 2.41.